The highest BCUT2D eigenvalue weighted by atomic mass is 15.1. The third kappa shape index (κ3) is 4.19. The Balaban J connectivity index is 1.76. The van der Waals surface area contributed by atoms with Crippen molar-refractivity contribution < 1.29 is 0 Å². The molecule has 2 heteroatoms. The van der Waals surface area contributed by atoms with E-state index in [1.54, 1.807) is 0 Å². The zero-order valence-electron chi connectivity index (χ0n) is 13.7. The number of nitrogens with zero attached hydrogens (tertiary/aromatic N) is 1. The molecular weight excluding hydrogens is 232 g/mol. The SMILES string of the molecule is CC1CN(C)CCC1NC1CCC(C(C)(C)C)CC1. The minimum Gasteiger partial charge on any atom is -0.311 e. The number of likely N-dealkylation sites (tertiary alicyclic amines) is 1. The lowest BCUT2D eigenvalue weighted by molar-refractivity contribution is 0.128. The lowest BCUT2D eigenvalue weighted by Crippen LogP contribution is -2.51. The van der Waals surface area contributed by atoms with Crippen molar-refractivity contribution in [1.82, 2.24) is 10.2 Å². The summed E-state index contributed by atoms with van der Waals surface area (Å²) in [5.41, 5.74) is 0.506. The first-order valence-corrected chi connectivity index (χ1v) is 8.31. The van der Waals surface area contributed by atoms with Gasteiger partial charge in [-0.25, -0.2) is 0 Å². The number of nitrogens with one attached hydrogen (secondary N) is 1. The molecule has 1 saturated heterocycles. The molecule has 0 aromatic rings. The Bertz CT molecular complexity index is 273. The molecule has 2 nitrogen and oxygen atoms in total. The van der Waals surface area contributed by atoms with E-state index in [0.717, 1.165) is 23.9 Å². The molecule has 0 radical (unpaired) electrons. The van der Waals surface area contributed by atoms with Gasteiger partial charge in [0.05, 0.1) is 0 Å². The fourth-order valence-electron chi connectivity index (χ4n) is 4.03. The molecule has 1 heterocycles. The van der Waals surface area contributed by atoms with E-state index in [0.29, 0.717) is 5.41 Å². The third-order valence-corrected chi connectivity index (χ3v) is 5.51. The Morgan fingerprint density at radius 3 is 2.16 bits per heavy atom. The van der Waals surface area contributed by atoms with E-state index in [1.807, 2.05) is 0 Å². The average Bonchev–Trinajstić information content (AvgIpc) is 2.32. The molecule has 0 amide bonds. The Hall–Kier alpha value is -0.0800. The summed E-state index contributed by atoms with van der Waals surface area (Å²) in [6.07, 6.45) is 6.95. The van der Waals surface area contributed by atoms with Crippen molar-refractivity contribution in [3.8, 4) is 0 Å². The topological polar surface area (TPSA) is 15.3 Å². The summed E-state index contributed by atoms with van der Waals surface area (Å²) in [5.74, 6) is 1.74. The molecule has 1 saturated carbocycles. The van der Waals surface area contributed by atoms with Gasteiger partial charge in [-0.15, -0.1) is 0 Å². The summed E-state index contributed by atoms with van der Waals surface area (Å²) >= 11 is 0. The number of piperidine rings is 1. The van der Waals surface area contributed by atoms with E-state index in [9.17, 15) is 0 Å². The molecule has 0 bridgehead atoms. The Labute approximate surface area is 120 Å². The second-order valence-electron chi connectivity index (χ2n) is 8.22. The van der Waals surface area contributed by atoms with Crippen LogP contribution >= 0.6 is 0 Å². The van der Waals surface area contributed by atoms with Crippen molar-refractivity contribution in [2.75, 3.05) is 20.1 Å². The van der Waals surface area contributed by atoms with Crippen LogP contribution in [0.5, 0.6) is 0 Å². The van der Waals surface area contributed by atoms with Gasteiger partial charge in [0.15, 0.2) is 0 Å². The molecule has 2 atom stereocenters. The Kier molecular flexibility index (Phi) is 4.94. The number of rotatable bonds is 2. The maximum atomic E-state index is 3.97. The Morgan fingerprint density at radius 1 is 1.00 bits per heavy atom. The van der Waals surface area contributed by atoms with Gasteiger partial charge in [-0.05, 0) is 62.9 Å². The van der Waals surface area contributed by atoms with Crippen LogP contribution in [-0.2, 0) is 0 Å². The first kappa shape index (κ1) is 15.3. The Morgan fingerprint density at radius 2 is 1.63 bits per heavy atom. The molecule has 1 N–H and O–H groups in total. The smallest absolute Gasteiger partial charge is 0.0120 e. The minimum atomic E-state index is 0.506. The van der Waals surface area contributed by atoms with E-state index in [4.69, 9.17) is 0 Å². The van der Waals surface area contributed by atoms with E-state index in [-0.39, 0.29) is 0 Å². The lowest BCUT2D eigenvalue weighted by atomic mass is 9.71. The average molecular weight is 266 g/mol. The zero-order chi connectivity index (χ0) is 14.0. The van der Waals surface area contributed by atoms with Crippen molar-refractivity contribution in [1.29, 1.82) is 0 Å². The van der Waals surface area contributed by atoms with Crippen molar-refractivity contribution in [2.24, 2.45) is 17.3 Å². The van der Waals surface area contributed by atoms with Crippen molar-refractivity contribution >= 4 is 0 Å². The molecule has 1 aliphatic carbocycles. The van der Waals surface area contributed by atoms with Crippen LogP contribution in [0.25, 0.3) is 0 Å². The number of hydrogen-bond acceptors (Lipinski definition) is 2. The molecule has 0 aromatic carbocycles. The first-order chi connectivity index (χ1) is 8.86. The second-order valence-corrected chi connectivity index (χ2v) is 8.22. The van der Waals surface area contributed by atoms with Gasteiger partial charge >= 0.3 is 0 Å². The normalized spacial score (nSPS) is 38.4. The summed E-state index contributed by atoms with van der Waals surface area (Å²) in [6.45, 7) is 12.2. The van der Waals surface area contributed by atoms with Gasteiger partial charge in [0.1, 0.15) is 0 Å². The lowest BCUT2D eigenvalue weighted by Gasteiger charge is -2.41. The van der Waals surface area contributed by atoms with Gasteiger partial charge < -0.3 is 10.2 Å². The quantitative estimate of drug-likeness (QED) is 0.822. The van der Waals surface area contributed by atoms with E-state index >= 15 is 0 Å². The summed E-state index contributed by atoms with van der Waals surface area (Å²) in [4.78, 5) is 2.47. The maximum absolute atomic E-state index is 3.97. The summed E-state index contributed by atoms with van der Waals surface area (Å²) in [5, 5.41) is 3.97. The molecule has 2 unspecified atom stereocenters. The van der Waals surface area contributed by atoms with Gasteiger partial charge in [-0.3, -0.25) is 0 Å². The highest BCUT2D eigenvalue weighted by Gasteiger charge is 2.32. The van der Waals surface area contributed by atoms with Crippen LogP contribution in [0.4, 0.5) is 0 Å². The molecule has 19 heavy (non-hydrogen) atoms. The molecular formula is C17H34N2. The fraction of sp³-hybridized carbons (Fsp3) is 1.00. The molecule has 0 aromatic heterocycles. The van der Waals surface area contributed by atoms with Crippen LogP contribution < -0.4 is 5.32 Å². The van der Waals surface area contributed by atoms with Crippen LogP contribution in [0.3, 0.4) is 0 Å². The minimum absolute atomic E-state index is 0.506. The predicted octanol–water partition coefficient (Wildman–Crippen LogP) is 3.52. The summed E-state index contributed by atoms with van der Waals surface area (Å²) in [6, 6.07) is 1.54. The van der Waals surface area contributed by atoms with Crippen LogP contribution in [0.1, 0.15) is 59.8 Å². The van der Waals surface area contributed by atoms with Gasteiger partial charge in [0, 0.05) is 18.6 Å². The zero-order valence-corrected chi connectivity index (χ0v) is 13.7. The molecule has 2 fully saturated rings. The molecule has 112 valence electrons. The van der Waals surface area contributed by atoms with Gasteiger partial charge in [-0.1, -0.05) is 27.7 Å². The van der Waals surface area contributed by atoms with Gasteiger partial charge in [-0.2, -0.15) is 0 Å². The van der Waals surface area contributed by atoms with Crippen molar-refractivity contribution in [2.45, 2.75) is 71.9 Å². The van der Waals surface area contributed by atoms with Gasteiger partial charge in [0.2, 0.25) is 0 Å². The highest BCUT2D eigenvalue weighted by molar-refractivity contribution is 4.88. The van der Waals surface area contributed by atoms with E-state index in [2.05, 4.69) is 45.0 Å². The monoisotopic (exact) mass is 266 g/mol. The highest BCUT2D eigenvalue weighted by Crippen LogP contribution is 2.38. The molecule has 1 aliphatic heterocycles. The van der Waals surface area contributed by atoms with Crippen molar-refractivity contribution in [3.05, 3.63) is 0 Å². The summed E-state index contributed by atoms with van der Waals surface area (Å²) < 4.78 is 0. The maximum Gasteiger partial charge on any atom is 0.0120 e. The largest absolute Gasteiger partial charge is 0.311 e. The second kappa shape index (κ2) is 6.13. The van der Waals surface area contributed by atoms with E-state index < -0.39 is 0 Å². The molecule has 0 spiro atoms. The third-order valence-electron chi connectivity index (χ3n) is 5.51. The number of hydrogen-bond donors (Lipinski definition) is 1. The van der Waals surface area contributed by atoms with Crippen molar-refractivity contribution in [3.63, 3.8) is 0 Å². The predicted molar refractivity (Wildman–Crippen MR) is 83.4 cm³/mol. The van der Waals surface area contributed by atoms with Crippen LogP contribution in [0.15, 0.2) is 0 Å². The standard InChI is InChI=1S/C17H34N2/c1-13-12-19(5)11-10-16(13)18-15-8-6-14(7-9-15)17(2,3)4/h13-16,18H,6-12H2,1-5H3. The van der Waals surface area contributed by atoms with Crippen LogP contribution in [0.2, 0.25) is 0 Å². The molecule has 2 rings (SSSR count). The first-order valence-electron chi connectivity index (χ1n) is 8.31. The van der Waals surface area contributed by atoms with Crippen LogP contribution in [0, 0.1) is 17.3 Å². The van der Waals surface area contributed by atoms with E-state index in [1.165, 1.54) is 45.2 Å². The fourth-order valence-corrected chi connectivity index (χ4v) is 4.03. The van der Waals surface area contributed by atoms with Gasteiger partial charge in [0.25, 0.3) is 0 Å². The van der Waals surface area contributed by atoms with Crippen LogP contribution in [-0.4, -0.2) is 37.1 Å². The summed E-state index contributed by atoms with van der Waals surface area (Å²) in [7, 11) is 2.25. The molecule has 2 aliphatic rings.